The topological polar surface area (TPSA) is 90.2 Å². The average Bonchev–Trinajstić information content (AvgIpc) is 2.32. The maximum absolute atomic E-state index is 9.50. The monoisotopic (exact) mass is 178 g/mol. The van der Waals surface area contributed by atoms with E-state index in [4.69, 9.17) is 14.9 Å². The molecule has 0 aromatic heterocycles. The van der Waals surface area contributed by atoms with Crippen LogP contribution in [0.25, 0.3) is 0 Å². The first kappa shape index (κ1) is 9.88. The van der Waals surface area contributed by atoms with Crippen molar-refractivity contribution in [1.29, 1.82) is 0 Å². The van der Waals surface area contributed by atoms with Crippen LogP contribution in [0.3, 0.4) is 0 Å². The van der Waals surface area contributed by atoms with Gasteiger partial charge in [0.2, 0.25) is 0 Å². The van der Waals surface area contributed by atoms with Crippen LogP contribution < -0.4 is 0 Å². The van der Waals surface area contributed by atoms with Gasteiger partial charge in [0.25, 0.3) is 0 Å². The van der Waals surface area contributed by atoms with Crippen molar-refractivity contribution >= 4 is 0 Å². The Morgan fingerprint density at radius 3 is 2.25 bits per heavy atom. The molecule has 0 aromatic carbocycles. The quantitative estimate of drug-likeness (QED) is 0.387. The van der Waals surface area contributed by atoms with Crippen LogP contribution in [-0.4, -0.2) is 57.6 Å². The van der Waals surface area contributed by atoms with E-state index in [1.165, 1.54) is 6.92 Å². The summed E-state index contributed by atoms with van der Waals surface area (Å²) in [5, 5.41) is 36.6. The number of rotatable bonds is 2. The predicted octanol–water partition coefficient (Wildman–Crippen LogP) is -2.15. The largest absolute Gasteiger partial charge is 0.393 e. The minimum Gasteiger partial charge on any atom is -0.393 e. The second kappa shape index (κ2) is 2.93. The fraction of sp³-hybridized carbons (Fsp3) is 1.00. The van der Waals surface area contributed by atoms with E-state index in [1.54, 1.807) is 0 Å². The van der Waals surface area contributed by atoms with Gasteiger partial charge < -0.3 is 25.2 Å². The molecular formula is C7H14O5. The van der Waals surface area contributed by atoms with E-state index in [9.17, 15) is 10.2 Å². The van der Waals surface area contributed by atoms with Gasteiger partial charge in [0.05, 0.1) is 19.8 Å². The SMILES string of the molecule is C[C@]1(CO)OC[C@](O)(CO)C1O. The van der Waals surface area contributed by atoms with Gasteiger partial charge in [0.1, 0.15) is 17.3 Å². The van der Waals surface area contributed by atoms with E-state index in [1.807, 2.05) is 0 Å². The lowest BCUT2D eigenvalue weighted by molar-refractivity contribution is -0.109. The fourth-order valence-corrected chi connectivity index (χ4v) is 1.28. The Balaban J connectivity index is 2.79. The normalized spacial score (nSPS) is 48.2. The summed E-state index contributed by atoms with van der Waals surface area (Å²) in [6.45, 7) is 0.341. The number of hydrogen-bond donors (Lipinski definition) is 4. The van der Waals surface area contributed by atoms with Crippen LogP contribution in [0.15, 0.2) is 0 Å². The first-order valence-electron chi connectivity index (χ1n) is 3.75. The van der Waals surface area contributed by atoms with Gasteiger partial charge in [0.15, 0.2) is 0 Å². The third kappa shape index (κ3) is 1.23. The number of aliphatic hydroxyl groups is 4. The van der Waals surface area contributed by atoms with Crippen molar-refractivity contribution < 1.29 is 25.2 Å². The highest BCUT2D eigenvalue weighted by Gasteiger charge is 2.54. The van der Waals surface area contributed by atoms with Gasteiger partial charge in [-0.2, -0.15) is 0 Å². The Hall–Kier alpha value is -0.200. The zero-order chi connectivity index (χ0) is 9.41. The molecule has 12 heavy (non-hydrogen) atoms. The molecule has 0 spiro atoms. The van der Waals surface area contributed by atoms with E-state index in [0.717, 1.165) is 0 Å². The molecule has 0 amide bonds. The number of ether oxygens (including phenoxy) is 1. The molecule has 0 aromatic rings. The third-order valence-electron chi connectivity index (χ3n) is 2.33. The maximum atomic E-state index is 9.50. The van der Waals surface area contributed by atoms with Gasteiger partial charge in [-0.25, -0.2) is 0 Å². The van der Waals surface area contributed by atoms with Crippen LogP contribution >= 0.6 is 0 Å². The van der Waals surface area contributed by atoms with Crippen molar-refractivity contribution in [2.45, 2.75) is 24.2 Å². The van der Waals surface area contributed by atoms with E-state index in [2.05, 4.69) is 0 Å². The van der Waals surface area contributed by atoms with Gasteiger partial charge in [-0.05, 0) is 6.92 Å². The molecule has 0 aliphatic carbocycles. The molecule has 1 unspecified atom stereocenters. The Labute approximate surface area is 70.2 Å². The van der Waals surface area contributed by atoms with E-state index < -0.39 is 30.5 Å². The van der Waals surface area contributed by atoms with E-state index >= 15 is 0 Å². The first-order valence-corrected chi connectivity index (χ1v) is 3.75. The minimum absolute atomic E-state index is 0.165. The lowest BCUT2D eigenvalue weighted by Crippen LogP contribution is -2.52. The molecule has 1 aliphatic rings. The molecule has 5 heteroatoms. The summed E-state index contributed by atoms with van der Waals surface area (Å²) >= 11 is 0. The fourth-order valence-electron chi connectivity index (χ4n) is 1.28. The zero-order valence-corrected chi connectivity index (χ0v) is 6.90. The van der Waals surface area contributed by atoms with E-state index in [0.29, 0.717) is 0 Å². The summed E-state index contributed by atoms with van der Waals surface area (Å²) in [5.41, 5.74) is -2.81. The van der Waals surface area contributed by atoms with Crippen LogP contribution in [0, 0.1) is 0 Å². The molecule has 4 N–H and O–H groups in total. The van der Waals surface area contributed by atoms with Crippen LogP contribution in [0.4, 0.5) is 0 Å². The third-order valence-corrected chi connectivity index (χ3v) is 2.33. The Morgan fingerprint density at radius 2 is 2.00 bits per heavy atom. The average molecular weight is 178 g/mol. The van der Waals surface area contributed by atoms with Crippen molar-refractivity contribution in [2.75, 3.05) is 19.8 Å². The Kier molecular flexibility index (Phi) is 2.42. The smallest absolute Gasteiger partial charge is 0.139 e. The standard InChI is InChI=1S/C7H14O5/c1-6(2-8)5(10)7(11,3-9)4-12-6/h5,8-11H,2-4H2,1H3/t5?,6-,7-/m1/s1. The lowest BCUT2D eigenvalue weighted by Gasteiger charge is -2.29. The molecule has 0 saturated carbocycles. The van der Waals surface area contributed by atoms with Crippen molar-refractivity contribution in [3.63, 3.8) is 0 Å². The Bertz CT molecular complexity index is 155. The van der Waals surface area contributed by atoms with Crippen molar-refractivity contribution in [2.24, 2.45) is 0 Å². The summed E-state index contributed by atoms with van der Waals surface area (Å²) in [4.78, 5) is 0. The molecule has 1 heterocycles. The molecule has 0 bridgehead atoms. The first-order chi connectivity index (χ1) is 5.48. The zero-order valence-electron chi connectivity index (χ0n) is 6.90. The molecule has 3 atom stereocenters. The summed E-state index contributed by atoms with van der Waals surface area (Å²) in [5.74, 6) is 0. The van der Waals surface area contributed by atoms with Gasteiger partial charge >= 0.3 is 0 Å². The minimum atomic E-state index is -1.64. The highest BCUT2D eigenvalue weighted by molar-refractivity contribution is 5.03. The van der Waals surface area contributed by atoms with Crippen LogP contribution in [0.5, 0.6) is 0 Å². The summed E-state index contributed by atoms with van der Waals surface area (Å²) < 4.78 is 5.00. The van der Waals surface area contributed by atoms with Crippen molar-refractivity contribution in [3.8, 4) is 0 Å². The Morgan fingerprint density at radius 1 is 1.42 bits per heavy atom. The number of aliphatic hydroxyl groups excluding tert-OH is 3. The van der Waals surface area contributed by atoms with Gasteiger partial charge in [0, 0.05) is 0 Å². The predicted molar refractivity (Wildman–Crippen MR) is 39.5 cm³/mol. The van der Waals surface area contributed by atoms with Gasteiger partial charge in [-0.15, -0.1) is 0 Å². The summed E-state index contributed by atoms with van der Waals surface area (Å²) in [6.07, 6.45) is -1.26. The lowest BCUT2D eigenvalue weighted by atomic mass is 9.90. The molecule has 1 rings (SSSR count). The molecule has 1 aliphatic heterocycles. The molecule has 1 fully saturated rings. The highest BCUT2D eigenvalue weighted by atomic mass is 16.6. The van der Waals surface area contributed by atoms with Crippen LogP contribution in [0.1, 0.15) is 6.92 Å². The second-order valence-corrected chi connectivity index (χ2v) is 3.42. The van der Waals surface area contributed by atoms with Gasteiger partial charge in [-0.1, -0.05) is 0 Å². The van der Waals surface area contributed by atoms with Crippen molar-refractivity contribution in [3.05, 3.63) is 0 Å². The molecule has 5 nitrogen and oxygen atoms in total. The van der Waals surface area contributed by atoms with Crippen LogP contribution in [0.2, 0.25) is 0 Å². The summed E-state index contributed by atoms with van der Waals surface area (Å²) in [6, 6.07) is 0. The summed E-state index contributed by atoms with van der Waals surface area (Å²) in [7, 11) is 0. The molecule has 1 saturated heterocycles. The van der Waals surface area contributed by atoms with Crippen LogP contribution in [-0.2, 0) is 4.74 Å². The molecular weight excluding hydrogens is 164 g/mol. The number of hydrogen-bond acceptors (Lipinski definition) is 5. The maximum Gasteiger partial charge on any atom is 0.139 e. The van der Waals surface area contributed by atoms with E-state index in [-0.39, 0.29) is 6.61 Å². The second-order valence-electron chi connectivity index (χ2n) is 3.42. The van der Waals surface area contributed by atoms with Crippen molar-refractivity contribution in [1.82, 2.24) is 0 Å². The van der Waals surface area contributed by atoms with Gasteiger partial charge in [-0.3, -0.25) is 0 Å². The molecule has 0 radical (unpaired) electrons. The highest BCUT2D eigenvalue weighted by Crippen LogP contribution is 2.32. The molecule has 72 valence electrons.